The molecule has 0 saturated heterocycles. The number of hydrogen-bond donors (Lipinski definition) is 1. The van der Waals surface area contributed by atoms with E-state index in [-0.39, 0.29) is 12.0 Å². The zero-order valence-electron chi connectivity index (χ0n) is 19.9. The van der Waals surface area contributed by atoms with Crippen LogP contribution in [0.4, 0.5) is 0 Å². The Balaban J connectivity index is 3.04. The Bertz CT molecular complexity index is 827. The quantitative estimate of drug-likeness (QED) is 0.252. The van der Waals surface area contributed by atoms with E-state index >= 15 is 0 Å². The van der Waals surface area contributed by atoms with E-state index in [4.69, 9.17) is 23.7 Å². The number of benzene rings is 1. The van der Waals surface area contributed by atoms with Gasteiger partial charge in [-0.05, 0) is 42.2 Å². The van der Waals surface area contributed by atoms with E-state index in [2.05, 4.69) is 0 Å². The predicted molar refractivity (Wildman–Crippen MR) is 120 cm³/mol. The van der Waals surface area contributed by atoms with Crippen LogP contribution in [0.5, 0.6) is 11.5 Å². The Morgan fingerprint density at radius 2 is 1.58 bits per heavy atom. The lowest BCUT2D eigenvalue weighted by atomic mass is 10.0. The summed E-state index contributed by atoms with van der Waals surface area (Å²) in [6.07, 6.45) is 0.730. The van der Waals surface area contributed by atoms with Crippen LogP contribution in [0.2, 0.25) is 0 Å². The van der Waals surface area contributed by atoms with Crippen molar-refractivity contribution in [1.29, 1.82) is 0 Å². The maximum Gasteiger partial charge on any atom is 0.331 e. The molecule has 183 valence electrons. The van der Waals surface area contributed by atoms with E-state index in [0.29, 0.717) is 23.5 Å². The highest BCUT2D eigenvalue weighted by Gasteiger charge is 2.26. The average molecular weight is 466 g/mol. The summed E-state index contributed by atoms with van der Waals surface area (Å²) in [7, 11) is 5.87. The minimum absolute atomic E-state index is 0.224. The predicted octanol–water partition coefficient (Wildman–Crippen LogP) is 3.50. The van der Waals surface area contributed by atoms with Crippen molar-refractivity contribution < 1.29 is 43.5 Å². The van der Waals surface area contributed by atoms with Crippen LogP contribution in [0.1, 0.15) is 38.4 Å². The molecule has 1 aromatic carbocycles. The third-order valence-corrected chi connectivity index (χ3v) is 5.07. The standard InChI is InChI=1S/C24H33O9/c1-7-17(23(28)15-9-11-19(30-4)20(13-15)31-5)33-22(27)12-10-16(14-21(25)26)24(32-6)18(8-2)29-3/h9-14,17-18,23-24H,7-8H2,1-6H3,(H,25,26)/b12-10-,16-14-. The number of methoxy groups -OCH3 is 4. The molecule has 1 radical (unpaired) electrons. The number of carboxylic acids is 1. The molecule has 1 N–H and O–H groups in total. The fourth-order valence-corrected chi connectivity index (χ4v) is 3.33. The molecule has 4 unspecified atom stereocenters. The maximum absolute atomic E-state index is 12.9. The molecule has 0 aliphatic rings. The molecule has 0 aromatic heterocycles. The van der Waals surface area contributed by atoms with Crippen molar-refractivity contribution in [2.75, 3.05) is 28.4 Å². The van der Waals surface area contributed by atoms with Gasteiger partial charge in [0.2, 0.25) is 0 Å². The van der Waals surface area contributed by atoms with Gasteiger partial charge in [0.1, 0.15) is 12.2 Å². The molecule has 4 atom stereocenters. The largest absolute Gasteiger partial charge is 0.493 e. The number of ether oxygens (including phenoxy) is 5. The lowest BCUT2D eigenvalue weighted by Gasteiger charge is -2.24. The van der Waals surface area contributed by atoms with Gasteiger partial charge in [0.05, 0.1) is 20.3 Å². The first-order chi connectivity index (χ1) is 15.8. The molecule has 0 heterocycles. The van der Waals surface area contributed by atoms with Gasteiger partial charge >= 0.3 is 11.9 Å². The molecule has 0 saturated carbocycles. The van der Waals surface area contributed by atoms with E-state index in [1.807, 2.05) is 6.92 Å². The van der Waals surface area contributed by atoms with Crippen LogP contribution >= 0.6 is 0 Å². The van der Waals surface area contributed by atoms with E-state index in [1.165, 1.54) is 34.5 Å². The van der Waals surface area contributed by atoms with Crippen LogP contribution in [0.3, 0.4) is 0 Å². The van der Waals surface area contributed by atoms with Crippen molar-refractivity contribution in [1.82, 2.24) is 0 Å². The van der Waals surface area contributed by atoms with Crippen molar-refractivity contribution in [3.05, 3.63) is 47.6 Å². The Labute approximate surface area is 194 Å². The molecule has 0 bridgehead atoms. The van der Waals surface area contributed by atoms with Crippen LogP contribution in [-0.2, 0) is 28.9 Å². The minimum atomic E-state index is -1.36. The summed E-state index contributed by atoms with van der Waals surface area (Å²) >= 11 is 0. The van der Waals surface area contributed by atoms with Crippen molar-refractivity contribution in [2.24, 2.45) is 0 Å². The number of hydrogen-bond acceptors (Lipinski definition) is 7. The molecule has 0 fully saturated rings. The summed E-state index contributed by atoms with van der Waals surface area (Å²) in [5.74, 6) is -1.10. The highest BCUT2D eigenvalue weighted by atomic mass is 16.6. The normalized spacial score (nSPS) is 15.5. The average Bonchev–Trinajstić information content (AvgIpc) is 2.82. The summed E-state index contributed by atoms with van der Waals surface area (Å²) in [6, 6.07) is 4.76. The summed E-state index contributed by atoms with van der Waals surface area (Å²) in [5, 5.41) is 22.1. The first-order valence-corrected chi connectivity index (χ1v) is 10.5. The van der Waals surface area contributed by atoms with Gasteiger partial charge in [-0.2, -0.15) is 0 Å². The summed E-state index contributed by atoms with van der Waals surface area (Å²) in [5.41, 5.74) is 0.607. The van der Waals surface area contributed by atoms with Gasteiger partial charge in [0.25, 0.3) is 0 Å². The third kappa shape index (κ3) is 8.20. The van der Waals surface area contributed by atoms with Crippen LogP contribution in [0.15, 0.2) is 42.0 Å². The highest BCUT2D eigenvalue weighted by molar-refractivity contribution is 5.85. The Morgan fingerprint density at radius 1 is 0.939 bits per heavy atom. The SMILES string of the molecule is CCC(OC)C(OC)C(/C=C\C(=O)OC(CC)C([O])c1ccc(OC)c(OC)c1)=C\C(=O)O. The molecule has 1 aromatic rings. The second-order valence-electron chi connectivity index (χ2n) is 7.07. The smallest absolute Gasteiger partial charge is 0.331 e. The number of aliphatic carboxylic acids is 1. The minimum Gasteiger partial charge on any atom is -0.493 e. The molecule has 9 heteroatoms. The van der Waals surface area contributed by atoms with Gasteiger partial charge in [-0.3, -0.25) is 0 Å². The summed E-state index contributed by atoms with van der Waals surface area (Å²) < 4.78 is 26.5. The number of rotatable bonds is 14. The molecule has 9 nitrogen and oxygen atoms in total. The van der Waals surface area contributed by atoms with Crippen molar-refractivity contribution in [3.8, 4) is 11.5 Å². The summed E-state index contributed by atoms with van der Waals surface area (Å²) in [4.78, 5) is 23.7. The molecule has 0 amide bonds. The molecular formula is C24H33O9. The second-order valence-corrected chi connectivity index (χ2v) is 7.07. The lowest BCUT2D eigenvalue weighted by Crippen LogP contribution is -2.31. The van der Waals surface area contributed by atoms with E-state index in [0.717, 1.165) is 12.2 Å². The van der Waals surface area contributed by atoms with Gasteiger partial charge < -0.3 is 28.8 Å². The fraction of sp³-hybridized carbons (Fsp3) is 0.500. The number of carboxylic acid groups (broad SMARTS) is 1. The lowest BCUT2D eigenvalue weighted by molar-refractivity contribution is -0.152. The summed E-state index contributed by atoms with van der Waals surface area (Å²) in [6.45, 7) is 3.60. The number of carbonyl (C=O) groups excluding carboxylic acids is 1. The van der Waals surface area contributed by atoms with Crippen molar-refractivity contribution in [2.45, 2.75) is 51.1 Å². The van der Waals surface area contributed by atoms with E-state index in [1.54, 1.807) is 25.1 Å². The van der Waals surface area contributed by atoms with Gasteiger partial charge in [-0.25, -0.2) is 14.7 Å². The van der Waals surface area contributed by atoms with Gasteiger partial charge in [-0.15, -0.1) is 0 Å². The second kappa shape index (κ2) is 14.3. The molecule has 0 aliphatic carbocycles. The van der Waals surface area contributed by atoms with Gasteiger partial charge in [0.15, 0.2) is 17.6 Å². The number of carbonyl (C=O) groups is 2. The zero-order chi connectivity index (χ0) is 25.0. The molecule has 33 heavy (non-hydrogen) atoms. The third-order valence-electron chi connectivity index (χ3n) is 5.07. The Hall–Kier alpha value is -2.88. The van der Waals surface area contributed by atoms with E-state index < -0.39 is 36.4 Å². The van der Waals surface area contributed by atoms with Crippen LogP contribution in [0.25, 0.3) is 0 Å². The number of esters is 1. The van der Waals surface area contributed by atoms with Crippen LogP contribution in [-0.4, -0.2) is 63.8 Å². The Morgan fingerprint density at radius 3 is 2.06 bits per heavy atom. The first-order valence-electron chi connectivity index (χ1n) is 10.5. The zero-order valence-corrected chi connectivity index (χ0v) is 19.9. The van der Waals surface area contributed by atoms with Crippen molar-refractivity contribution in [3.63, 3.8) is 0 Å². The maximum atomic E-state index is 12.9. The van der Waals surface area contributed by atoms with Crippen molar-refractivity contribution >= 4 is 11.9 Å². The molecule has 1 rings (SSSR count). The topological polar surface area (TPSA) is 120 Å². The van der Waals surface area contributed by atoms with Crippen LogP contribution < -0.4 is 9.47 Å². The van der Waals surface area contributed by atoms with Crippen LogP contribution in [0, 0.1) is 0 Å². The molecular weight excluding hydrogens is 432 g/mol. The van der Waals surface area contributed by atoms with Gasteiger partial charge in [0, 0.05) is 26.4 Å². The molecule has 0 aliphatic heterocycles. The Kier molecular flexibility index (Phi) is 12.2. The fourth-order valence-electron chi connectivity index (χ4n) is 3.33. The van der Waals surface area contributed by atoms with E-state index in [9.17, 15) is 19.8 Å². The van der Waals surface area contributed by atoms with Gasteiger partial charge in [-0.1, -0.05) is 19.9 Å². The highest BCUT2D eigenvalue weighted by Crippen LogP contribution is 2.32. The monoisotopic (exact) mass is 465 g/mol. The molecule has 0 spiro atoms. The first kappa shape index (κ1) is 28.2.